The van der Waals surface area contributed by atoms with Gasteiger partial charge in [0, 0.05) is 170 Å². The summed E-state index contributed by atoms with van der Waals surface area (Å²) in [6.45, 7) is 18.8. The van der Waals surface area contributed by atoms with Crippen LogP contribution in [0.25, 0.3) is 96.2 Å². The number of aromatic nitrogens is 8. The number of methoxy groups -OCH3 is 3. The number of fused-ring (bicyclic) bond motifs is 5. The number of hydrogen-bond acceptors (Lipinski definition) is 29. The second-order valence-corrected chi connectivity index (χ2v) is 37.4. The van der Waals surface area contributed by atoms with E-state index in [2.05, 4.69) is 158 Å². The summed E-state index contributed by atoms with van der Waals surface area (Å²) in [5.41, 5.74) is 15.8. The first kappa shape index (κ1) is 114. The van der Waals surface area contributed by atoms with Crippen molar-refractivity contribution in [3.8, 4) is 68.8 Å². The Morgan fingerprint density at radius 3 is 1.75 bits per heavy atom. The van der Waals surface area contributed by atoms with E-state index in [1.165, 1.54) is 12.5 Å². The van der Waals surface area contributed by atoms with E-state index in [-0.39, 0.29) is 24.4 Å². The summed E-state index contributed by atoms with van der Waals surface area (Å²) in [5, 5.41) is 9.21. The summed E-state index contributed by atoms with van der Waals surface area (Å²) in [7, 11) is 14.4. The third kappa shape index (κ3) is 35.3. The number of aryl methyl sites for hydroxylation is 1. The van der Waals surface area contributed by atoms with Crippen LogP contribution >= 0.6 is 60.6 Å². The molecule has 2 N–H and O–H groups in total. The molecule has 782 valence electrons. The number of anilines is 4. The number of imidazole rings is 1. The number of para-hydroxylation sites is 1. The monoisotopic (exact) mass is 2110 g/mol. The molecule has 8 aromatic heterocycles. The number of thiol groups is 3. The molecular weight excluding hydrogens is 1980 g/mol. The number of nitrogens with one attached hydrogen (secondary N) is 2. The van der Waals surface area contributed by atoms with Crippen LogP contribution in [0.5, 0.6) is 46.3 Å². The molecule has 2 amide bonds. The Morgan fingerprint density at radius 1 is 0.520 bits per heavy atom. The number of thiazole rings is 2. The van der Waals surface area contributed by atoms with Crippen molar-refractivity contribution in [3.63, 3.8) is 0 Å². The van der Waals surface area contributed by atoms with Crippen LogP contribution in [0.15, 0.2) is 288 Å². The van der Waals surface area contributed by atoms with E-state index in [0.717, 1.165) is 157 Å². The van der Waals surface area contributed by atoms with Crippen LogP contribution < -0.4 is 53.6 Å². The summed E-state index contributed by atoms with van der Waals surface area (Å²) in [6, 6.07) is 80.3. The molecule has 0 spiro atoms. The van der Waals surface area contributed by atoms with Gasteiger partial charge >= 0.3 is 0 Å². The lowest BCUT2D eigenvalue weighted by molar-refractivity contribution is -0.116. The van der Waals surface area contributed by atoms with Crippen LogP contribution in [-0.4, -0.2) is 197 Å². The summed E-state index contributed by atoms with van der Waals surface area (Å²) in [6.07, 6.45) is 22.6. The lowest BCUT2D eigenvalue weighted by Crippen LogP contribution is -2.35. The van der Waals surface area contributed by atoms with Crippen molar-refractivity contribution in [2.75, 3.05) is 155 Å². The molecule has 0 aliphatic carbocycles. The summed E-state index contributed by atoms with van der Waals surface area (Å²) in [4.78, 5) is 66.6. The number of ether oxygens (including phenoxy) is 11. The summed E-state index contributed by atoms with van der Waals surface area (Å²) >= 11 is 16.3. The van der Waals surface area contributed by atoms with Gasteiger partial charge in [-0.05, 0) is 200 Å². The third-order valence-electron chi connectivity index (χ3n) is 22.9. The molecule has 8 heterocycles. The van der Waals surface area contributed by atoms with Gasteiger partial charge in [-0.25, -0.2) is 29.9 Å². The van der Waals surface area contributed by atoms with Gasteiger partial charge in [-0.3, -0.25) is 19.0 Å². The Morgan fingerprint density at radius 2 is 1.13 bits per heavy atom. The van der Waals surface area contributed by atoms with E-state index < -0.39 is 0 Å². The predicted octanol–water partition coefficient (Wildman–Crippen LogP) is 26.4. The molecule has 0 aliphatic heterocycles. The minimum absolute atomic E-state index is 0.0574. The van der Waals surface area contributed by atoms with Gasteiger partial charge in [-0.1, -0.05) is 165 Å². The van der Waals surface area contributed by atoms with Crippen LogP contribution in [0, 0.1) is 6.92 Å². The molecule has 0 radical (unpaired) electrons. The van der Waals surface area contributed by atoms with E-state index in [0.29, 0.717) is 123 Å². The normalized spacial score (nSPS) is 11.2. The van der Waals surface area contributed by atoms with Crippen LogP contribution in [0.1, 0.15) is 109 Å². The van der Waals surface area contributed by atoms with Crippen molar-refractivity contribution in [3.05, 3.63) is 323 Å². The van der Waals surface area contributed by atoms with E-state index in [1.807, 2.05) is 303 Å². The zero-order chi connectivity index (χ0) is 106. The highest BCUT2D eigenvalue weighted by atomic mass is 32.1. The molecule has 0 saturated carbocycles. The Labute approximate surface area is 903 Å². The highest BCUT2D eigenvalue weighted by Gasteiger charge is 2.24. The van der Waals surface area contributed by atoms with E-state index in [9.17, 15) is 9.59 Å². The maximum Gasteiger partial charge on any atom is 0.272 e. The maximum atomic E-state index is 12.9. The molecule has 17 rings (SSSR count). The second-order valence-electron chi connectivity index (χ2n) is 33.9. The first-order valence-electron chi connectivity index (χ1n) is 49.3. The standard InChI is InChI=1S/C23H23NO4S.C22H29NO3.C21H28N2O3.C21H22N2OS.C16H17N3O2S2.C15H12N4OS/c1-16(25)24(15-17-13-19(26-2)9-11-22(17)27-3)21-14-20(29)10-12-23(21)28-18-7-5-4-6-8-18;1-3-14-24-15-16-25-17-18-26-22-12-8-20(9-13-22)5-4-19-6-10-21(23-2)11-7-19;1-3-12-24-13-14-25-15-16-26-21-11-8-19(17-23-21)5-4-18-6-9-20(22-2)10-7-18;1-4-14(2)23(3)21(24)18-13-15-9-5-6-10-16(15)20(22-18)17-11-7-8-12-19(17)25;1-19(2)16-17-10-12(23-16)4-6-15-18-13-5-3-11(20-7-8-22)9-14(13)21-15;1-9-3-4-10(7-16-9)11-8-19-12-5-6-13(20-2)18-14(12)21-15(19)17-11/h4-14,29H,15H2,1-3H3;4-13,23H,3,14-18H2,1-2H3;4-11,17,22H,3,12-16H2,1-2H3;5-14,25H,4H2,1-3H3;3-6,9-10,22H,7-8H2,1-2H3;3-8H,1-2H3/b;2*5-4+;;6-4+;. The minimum atomic E-state index is -0.133. The average molecular weight is 2120 g/mol. The lowest BCUT2D eigenvalue weighted by Gasteiger charge is -2.25. The fraction of sp³-hybridized carbons (Fsp3) is 0.263. The van der Waals surface area contributed by atoms with Crippen molar-refractivity contribution < 1.29 is 66.1 Å². The van der Waals surface area contributed by atoms with Gasteiger partial charge in [-0.2, -0.15) is 12.6 Å². The molecule has 32 heteroatoms. The van der Waals surface area contributed by atoms with Crippen LogP contribution in [0.4, 0.5) is 22.2 Å². The highest BCUT2D eigenvalue weighted by molar-refractivity contribution is 7.80. The number of rotatable bonds is 43. The zero-order valence-corrected chi connectivity index (χ0v) is 91.4. The Hall–Kier alpha value is -14.6. The van der Waals surface area contributed by atoms with Gasteiger partial charge < -0.3 is 81.9 Å². The largest absolute Gasteiger partial charge is 0.497 e. The van der Waals surface area contributed by atoms with Crippen molar-refractivity contribution in [2.24, 2.45) is 0 Å². The molecule has 9 aromatic carbocycles. The van der Waals surface area contributed by atoms with Crippen LogP contribution in [-0.2, 0) is 30.3 Å². The van der Waals surface area contributed by atoms with Gasteiger partial charge in [0.05, 0.1) is 96.7 Å². The molecule has 0 bridgehead atoms. The van der Waals surface area contributed by atoms with Crippen molar-refractivity contribution in [2.45, 2.75) is 83.2 Å². The SMILES string of the molecule is CCC(C)N(C)C(=O)c1cc2ccccc2c(-c2ccccc2S)n1.CCCOCCOCCOc1ccc(/C=C/c2ccc(NC)cc2)cc1.CCCOCCOCCOc1ccc(/C=C/c2ccc(NC)cc2)cn1.CN(C)c1ncc(/C=C/c2nc3ccc(OCCS)cc3o2)s1.COc1ccc(OC)c(CN(C(C)=O)c2cc(S)ccc2Oc2ccccc2)c1.COc1ccc2c(n1)sc1nc(-c3ccc(C)nc3)cn12. The van der Waals surface area contributed by atoms with Gasteiger partial charge in [0.2, 0.25) is 23.6 Å². The first-order valence-corrected chi connectivity index (χ1v) is 52.5. The van der Waals surface area contributed by atoms with Crippen molar-refractivity contribution in [1.82, 2.24) is 44.2 Å². The minimum Gasteiger partial charge on any atom is -0.497 e. The average Bonchev–Trinajstić information content (AvgIpc) is 1.42. The Balaban J connectivity index is 0.000000160. The molecule has 27 nitrogen and oxygen atoms in total. The highest BCUT2D eigenvalue weighted by Crippen LogP contribution is 2.39. The molecule has 1 unspecified atom stereocenters. The second kappa shape index (κ2) is 60.8. The fourth-order valence-electron chi connectivity index (χ4n) is 14.5. The number of carbonyl (C=O) groups excluding carboxylic acids is 2. The third-order valence-corrected chi connectivity index (χ3v) is 25.8. The molecular formula is C118H131N13O14S5. The van der Waals surface area contributed by atoms with E-state index in [4.69, 9.17) is 61.5 Å². The number of nitrogens with zero attached hydrogens (tertiary/aromatic N) is 11. The molecule has 0 aliphatic rings. The number of carbonyl (C=O) groups is 2. The van der Waals surface area contributed by atoms with Crippen molar-refractivity contribution in [1.29, 1.82) is 0 Å². The summed E-state index contributed by atoms with van der Waals surface area (Å²) < 4.78 is 68.2. The Bertz CT molecular complexity index is 7020. The topological polar surface area (TPSA) is 277 Å². The number of benzene rings is 9. The van der Waals surface area contributed by atoms with Crippen LogP contribution in [0.2, 0.25) is 0 Å². The molecule has 1 atom stereocenters. The molecule has 17 aromatic rings. The number of hydrogen-bond donors (Lipinski definition) is 5. The number of oxazole rings is 1. The van der Waals surface area contributed by atoms with E-state index >= 15 is 0 Å². The van der Waals surface area contributed by atoms with Gasteiger partial charge in [0.1, 0.15) is 58.0 Å². The predicted molar refractivity (Wildman–Crippen MR) is 620 cm³/mol. The zero-order valence-electron chi connectivity index (χ0n) is 87.1. The fourth-order valence-corrected chi connectivity index (χ4v) is 16.8. The smallest absolute Gasteiger partial charge is 0.272 e. The van der Waals surface area contributed by atoms with E-state index in [1.54, 1.807) is 60.0 Å². The lowest BCUT2D eigenvalue weighted by atomic mass is 10.0. The maximum absolute atomic E-state index is 12.9. The quantitative estimate of drug-likeness (QED) is 0.0135. The van der Waals surface area contributed by atoms with Crippen molar-refractivity contribution >= 4 is 168 Å². The van der Waals surface area contributed by atoms with Gasteiger partial charge in [0.15, 0.2) is 21.4 Å². The number of amides is 2. The van der Waals surface area contributed by atoms with Gasteiger partial charge in [0.25, 0.3) is 5.91 Å². The number of pyridine rings is 4. The first-order chi connectivity index (χ1) is 73.1. The summed E-state index contributed by atoms with van der Waals surface area (Å²) in [5.74, 6) is 6.48. The van der Waals surface area contributed by atoms with Crippen LogP contribution in [0.3, 0.4) is 0 Å². The van der Waals surface area contributed by atoms with Gasteiger partial charge in [-0.15, -0.1) is 25.3 Å². The molecule has 0 fully saturated rings. The Kier molecular flexibility index (Phi) is 46.2. The molecule has 0 saturated heterocycles. The molecule has 150 heavy (non-hydrogen) atoms.